The maximum Gasteiger partial charge on any atom is 0.279 e. The molecule has 1 saturated heterocycles. The summed E-state index contributed by atoms with van der Waals surface area (Å²) in [7, 11) is 0. The van der Waals surface area contributed by atoms with Crippen molar-refractivity contribution in [2.24, 2.45) is 0 Å². The van der Waals surface area contributed by atoms with Gasteiger partial charge in [0.1, 0.15) is 26.2 Å². The van der Waals surface area contributed by atoms with Crippen LogP contribution in [0.4, 0.5) is 11.5 Å². The normalized spacial score (nSPS) is 14.8. The standard InChI is InChI=1S/C22H26N6O/c1-17-22(18(2)28(25-17)19-8-4-3-5-9-19)24-21(29)16-26-12-14-27(15-13-26)20-10-6-7-11-23-20/h3-11H,12-16H2,1-2H3,(H,24,29)/p+2. The first-order chi connectivity index (χ1) is 14.1. The van der Waals surface area contributed by atoms with Gasteiger partial charge >= 0.3 is 0 Å². The molecule has 1 aliphatic rings. The lowest BCUT2D eigenvalue weighted by Gasteiger charge is -2.27. The average molecular weight is 393 g/mol. The number of benzene rings is 1. The minimum absolute atomic E-state index is 0.0403. The Labute approximate surface area is 171 Å². The molecule has 3 N–H and O–H groups in total. The highest BCUT2D eigenvalue weighted by atomic mass is 16.2. The SMILES string of the molecule is Cc1nn(-c2ccccc2)c(C)c1NC(=O)C[NH+]1CCN(c2cccc[nH+]2)CC1. The number of aromatic nitrogens is 3. The molecule has 29 heavy (non-hydrogen) atoms. The van der Waals surface area contributed by atoms with Crippen LogP contribution in [0.3, 0.4) is 0 Å². The summed E-state index contributed by atoms with van der Waals surface area (Å²) in [5, 5.41) is 7.70. The molecule has 0 bridgehead atoms. The summed E-state index contributed by atoms with van der Waals surface area (Å²) < 4.78 is 1.88. The zero-order valence-corrected chi connectivity index (χ0v) is 17.0. The monoisotopic (exact) mass is 392 g/mol. The highest BCUT2D eigenvalue weighted by Crippen LogP contribution is 2.22. The number of amides is 1. The second-order valence-electron chi connectivity index (χ2n) is 7.50. The van der Waals surface area contributed by atoms with Crippen LogP contribution in [-0.2, 0) is 4.79 Å². The van der Waals surface area contributed by atoms with Gasteiger partial charge in [-0.2, -0.15) is 5.10 Å². The van der Waals surface area contributed by atoms with Gasteiger partial charge in [0.15, 0.2) is 6.54 Å². The molecule has 3 aromatic rings. The van der Waals surface area contributed by atoms with Gasteiger partial charge in [-0.15, -0.1) is 0 Å². The fourth-order valence-corrected chi connectivity index (χ4v) is 3.88. The van der Waals surface area contributed by atoms with Gasteiger partial charge in [-0.1, -0.05) is 24.3 Å². The smallest absolute Gasteiger partial charge is 0.279 e. The van der Waals surface area contributed by atoms with Crippen LogP contribution in [0.5, 0.6) is 0 Å². The molecule has 0 saturated carbocycles. The number of anilines is 2. The van der Waals surface area contributed by atoms with E-state index in [-0.39, 0.29) is 5.91 Å². The number of carbonyl (C=O) groups is 1. The first-order valence-electron chi connectivity index (χ1n) is 10.1. The summed E-state index contributed by atoms with van der Waals surface area (Å²) >= 11 is 0. The summed E-state index contributed by atoms with van der Waals surface area (Å²) in [4.78, 5) is 19.6. The van der Waals surface area contributed by atoms with Crippen LogP contribution >= 0.6 is 0 Å². The van der Waals surface area contributed by atoms with Crippen molar-refractivity contribution in [1.29, 1.82) is 0 Å². The van der Waals surface area contributed by atoms with Crippen molar-refractivity contribution >= 4 is 17.4 Å². The minimum Gasteiger partial charge on any atom is -0.321 e. The quantitative estimate of drug-likeness (QED) is 0.670. The van der Waals surface area contributed by atoms with Crippen molar-refractivity contribution in [2.75, 3.05) is 42.9 Å². The van der Waals surface area contributed by atoms with Crippen molar-refractivity contribution in [1.82, 2.24) is 9.78 Å². The number of nitrogens with one attached hydrogen (secondary N) is 3. The van der Waals surface area contributed by atoms with Crippen LogP contribution in [0.25, 0.3) is 5.69 Å². The Morgan fingerprint density at radius 2 is 1.83 bits per heavy atom. The molecule has 1 aromatic carbocycles. The zero-order chi connectivity index (χ0) is 20.2. The molecule has 0 spiro atoms. The second-order valence-corrected chi connectivity index (χ2v) is 7.50. The molecule has 0 atom stereocenters. The molecule has 2 aromatic heterocycles. The van der Waals surface area contributed by atoms with Gasteiger partial charge < -0.3 is 10.2 Å². The Hall–Kier alpha value is -3.19. The molecule has 1 amide bonds. The van der Waals surface area contributed by atoms with E-state index in [0.717, 1.165) is 54.8 Å². The third-order valence-electron chi connectivity index (χ3n) is 5.47. The second kappa shape index (κ2) is 8.45. The van der Waals surface area contributed by atoms with E-state index in [0.29, 0.717) is 6.54 Å². The summed E-state index contributed by atoms with van der Waals surface area (Å²) in [5.41, 5.74) is 3.59. The lowest BCUT2D eigenvalue weighted by Crippen LogP contribution is -3.15. The van der Waals surface area contributed by atoms with E-state index in [2.05, 4.69) is 26.4 Å². The van der Waals surface area contributed by atoms with Crippen LogP contribution < -0.4 is 20.1 Å². The molecule has 0 aliphatic carbocycles. The number of carbonyl (C=O) groups excluding carboxylic acids is 1. The Bertz CT molecular complexity index is 962. The molecular weight excluding hydrogens is 364 g/mol. The highest BCUT2D eigenvalue weighted by molar-refractivity contribution is 5.92. The Kier molecular flexibility index (Phi) is 5.57. The van der Waals surface area contributed by atoms with Crippen LogP contribution in [-0.4, -0.2) is 48.4 Å². The van der Waals surface area contributed by atoms with Crippen LogP contribution in [0.2, 0.25) is 0 Å². The third-order valence-corrected chi connectivity index (χ3v) is 5.47. The summed E-state index contributed by atoms with van der Waals surface area (Å²) in [5.74, 6) is 1.18. The van der Waals surface area contributed by atoms with E-state index in [1.54, 1.807) is 0 Å². The summed E-state index contributed by atoms with van der Waals surface area (Å²) in [6.45, 7) is 8.16. The summed E-state index contributed by atoms with van der Waals surface area (Å²) in [6.07, 6.45) is 1.95. The molecule has 1 fully saturated rings. The van der Waals surface area contributed by atoms with Crippen molar-refractivity contribution < 1.29 is 14.7 Å². The molecule has 4 rings (SSSR count). The maximum absolute atomic E-state index is 12.7. The Morgan fingerprint density at radius 1 is 1.10 bits per heavy atom. The largest absolute Gasteiger partial charge is 0.321 e. The van der Waals surface area contributed by atoms with Gasteiger partial charge in [0, 0.05) is 6.07 Å². The number of quaternary nitrogens is 1. The first kappa shape index (κ1) is 19.1. The number of aromatic amines is 1. The van der Waals surface area contributed by atoms with E-state index in [4.69, 9.17) is 0 Å². The molecule has 3 heterocycles. The number of nitrogens with zero attached hydrogens (tertiary/aromatic N) is 3. The predicted octanol–water partition coefficient (Wildman–Crippen LogP) is 0.647. The van der Waals surface area contributed by atoms with Crippen LogP contribution in [0.1, 0.15) is 11.4 Å². The fraction of sp³-hybridized carbons (Fsp3) is 0.318. The molecule has 7 heteroatoms. The van der Waals surface area contributed by atoms with Gasteiger partial charge in [0.2, 0.25) is 0 Å². The number of rotatable bonds is 5. The van der Waals surface area contributed by atoms with Crippen LogP contribution in [0.15, 0.2) is 54.7 Å². The number of piperazine rings is 1. The molecular formula is C22H28N6O+2. The third kappa shape index (κ3) is 4.30. The fourth-order valence-electron chi connectivity index (χ4n) is 3.88. The Morgan fingerprint density at radius 3 is 2.52 bits per heavy atom. The zero-order valence-electron chi connectivity index (χ0n) is 17.0. The van der Waals surface area contributed by atoms with Gasteiger partial charge in [-0.05, 0) is 32.0 Å². The summed E-state index contributed by atoms with van der Waals surface area (Å²) in [6, 6.07) is 16.1. The number of hydrogen-bond acceptors (Lipinski definition) is 3. The maximum atomic E-state index is 12.7. The Balaban J connectivity index is 1.36. The number of H-pyrrole nitrogens is 1. The van der Waals surface area contributed by atoms with Crippen molar-refractivity contribution in [2.45, 2.75) is 13.8 Å². The van der Waals surface area contributed by atoms with E-state index in [1.807, 2.05) is 67.2 Å². The molecule has 0 radical (unpaired) electrons. The number of hydrogen-bond donors (Lipinski definition) is 2. The van der Waals surface area contributed by atoms with Crippen molar-refractivity contribution in [3.05, 3.63) is 66.1 Å². The number of aryl methyl sites for hydroxylation is 1. The van der Waals surface area contributed by atoms with Gasteiger partial charge in [0.05, 0.1) is 29.0 Å². The van der Waals surface area contributed by atoms with Crippen molar-refractivity contribution in [3.8, 4) is 5.69 Å². The minimum atomic E-state index is 0.0403. The first-order valence-corrected chi connectivity index (χ1v) is 10.1. The lowest BCUT2D eigenvalue weighted by molar-refractivity contribution is -0.892. The van der Waals surface area contributed by atoms with E-state index >= 15 is 0 Å². The average Bonchev–Trinajstić information content (AvgIpc) is 3.04. The van der Waals surface area contributed by atoms with Gasteiger partial charge in [0.25, 0.3) is 11.7 Å². The highest BCUT2D eigenvalue weighted by Gasteiger charge is 2.27. The topological polar surface area (TPSA) is 68.7 Å². The lowest BCUT2D eigenvalue weighted by atomic mass is 10.2. The van der Waals surface area contributed by atoms with E-state index < -0.39 is 0 Å². The molecule has 150 valence electrons. The van der Waals surface area contributed by atoms with Crippen LogP contribution in [0, 0.1) is 13.8 Å². The predicted molar refractivity (Wildman–Crippen MR) is 112 cm³/mol. The van der Waals surface area contributed by atoms with Gasteiger partial charge in [-0.3, -0.25) is 9.69 Å². The van der Waals surface area contributed by atoms with Gasteiger partial charge in [-0.25, -0.2) is 9.67 Å². The number of para-hydroxylation sites is 1. The number of pyridine rings is 1. The molecule has 7 nitrogen and oxygen atoms in total. The molecule has 0 unspecified atom stereocenters. The van der Waals surface area contributed by atoms with E-state index in [1.165, 1.54) is 4.90 Å². The van der Waals surface area contributed by atoms with E-state index in [9.17, 15) is 4.79 Å². The van der Waals surface area contributed by atoms with Crippen molar-refractivity contribution in [3.63, 3.8) is 0 Å². The molecule has 1 aliphatic heterocycles.